The molecule has 0 radical (unpaired) electrons. The highest BCUT2D eigenvalue weighted by atomic mass is 35.5. The summed E-state index contributed by atoms with van der Waals surface area (Å²) in [6.07, 6.45) is 1.61. The molecule has 4 aromatic rings. The molecule has 2 heterocycles. The van der Waals surface area contributed by atoms with Crippen molar-refractivity contribution in [2.45, 2.75) is 17.6 Å². The maximum absolute atomic E-state index is 13.0. The van der Waals surface area contributed by atoms with Crippen LogP contribution in [0.25, 0.3) is 16.9 Å². The number of halogens is 1. The van der Waals surface area contributed by atoms with Gasteiger partial charge in [0.15, 0.2) is 15.6 Å². The molecule has 0 bridgehead atoms. The summed E-state index contributed by atoms with van der Waals surface area (Å²) < 4.78 is 27.5. The molecule has 2 aromatic carbocycles. The Bertz CT molecular complexity index is 1330. The third kappa shape index (κ3) is 3.76. The van der Waals surface area contributed by atoms with Gasteiger partial charge in [-0.2, -0.15) is 0 Å². The van der Waals surface area contributed by atoms with E-state index in [2.05, 4.69) is 15.3 Å². The first kappa shape index (κ1) is 19.2. The molecule has 0 aliphatic carbocycles. The molecule has 0 N–H and O–H groups in total. The number of carbonyl (C=O) groups excluding carboxylic acids is 1. The van der Waals surface area contributed by atoms with Gasteiger partial charge in [0, 0.05) is 16.8 Å². The lowest BCUT2D eigenvalue weighted by atomic mass is 10.2. The summed E-state index contributed by atoms with van der Waals surface area (Å²) in [5.74, 6) is -0.388. The van der Waals surface area contributed by atoms with Crippen molar-refractivity contribution in [1.82, 2.24) is 20.0 Å². The average Bonchev–Trinajstić information content (AvgIpc) is 3.13. The minimum Gasteiger partial charge on any atom is -0.295 e. The van der Waals surface area contributed by atoms with E-state index in [0.717, 1.165) is 0 Å². The number of rotatable bonds is 5. The first-order chi connectivity index (χ1) is 13.8. The van der Waals surface area contributed by atoms with Crippen LogP contribution in [0.15, 0.2) is 65.7 Å². The molecule has 0 saturated heterocycles. The van der Waals surface area contributed by atoms with Crippen molar-refractivity contribution in [3.05, 3.63) is 76.9 Å². The number of pyridine rings is 1. The summed E-state index contributed by atoms with van der Waals surface area (Å²) in [7, 11) is -3.67. The Balaban J connectivity index is 1.77. The summed E-state index contributed by atoms with van der Waals surface area (Å²) in [6, 6.07) is 14.4. The van der Waals surface area contributed by atoms with Gasteiger partial charge in [-0.1, -0.05) is 35.0 Å². The van der Waals surface area contributed by atoms with Gasteiger partial charge in [-0.3, -0.25) is 4.79 Å². The number of hydrogen-bond donors (Lipinski definition) is 0. The molecular weight excluding hydrogens is 412 g/mol. The van der Waals surface area contributed by atoms with Crippen LogP contribution in [0.4, 0.5) is 0 Å². The first-order valence-electron chi connectivity index (χ1n) is 8.64. The zero-order valence-corrected chi connectivity index (χ0v) is 16.9. The van der Waals surface area contributed by atoms with Gasteiger partial charge in [-0.25, -0.2) is 18.1 Å². The van der Waals surface area contributed by atoms with Gasteiger partial charge in [0.05, 0.1) is 16.3 Å². The van der Waals surface area contributed by atoms with Gasteiger partial charge in [0.1, 0.15) is 5.52 Å². The van der Waals surface area contributed by atoms with Gasteiger partial charge in [-0.15, -0.1) is 5.10 Å². The number of sulfone groups is 1. The van der Waals surface area contributed by atoms with Crippen molar-refractivity contribution in [3.63, 3.8) is 0 Å². The molecule has 0 amide bonds. The van der Waals surface area contributed by atoms with Crippen LogP contribution >= 0.6 is 11.6 Å². The van der Waals surface area contributed by atoms with E-state index in [-0.39, 0.29) is 16.4 Å². The van der Waals surface area contributed by atoms with E-state index < -0.39 is 9.84 Å². The second kappa shape index (κ2) is 7.38. The molecule has 0 spiro atoms. The summed E-state index contributed by atoms with van der Waals surface area (Å²) >= 11 is 6.16. The normalized spacial score (nSPS) is 11.7. The zero-order valence-electron chi connectivity index (χ0n) is 15.3. The van der Waals surface area contributed by atoms with Crippen LogP contribution in [0.1, 0.15) is 22.8 Å². The smallest absolute Gasteiger partial charge is 0.202 e. The van der Waals surface area contributed by atoms with Crippen LogP contribution in [0, 0.1) is 0 Å². The standard InChI is InChI=1S/C20H15ClN4O3S/c1-13(26)14-5-8-17(9-6-14)29(27,28)12-15-4-7-16(21)11-19(15)25-18-3-2-10-22-20(18)23-24-25/h2-11H,12H2,1H3. The fourth-order valence-corrected chi connectivity index (χ4v) is 4.52. The van der Waals surface area contributed by atoms with Gasteiger partial charge in [0.25, 0.3) is 0 Å². The van der Waals surface area contributed by atoms with E-state index in [1.165, 1.54) is 35.9 Å². The summed E-state index contributed by atoms with van der Waals surface area (Å²) in [5, 5.41) is 8.58. The van der Waals surface area contributed by atoms with Gasteiger partial charge in [0.2, 0.25) is 5.65 Å². The molecule has 0 atom stereocenters. The highest BCUT2D eigenvalue weighted by Crippen LogP contribution is 2.26. The molecule has 0 aliphatic heterocycles. The zero-order chi connectivity index (χ0) is 20.6. The molecule has 29 heavy (non-hydrogen) atoms. The maximum atomic E-state index is 13.0. The van der Waals surface area contributed by atoms with Crippen LogP contribution in [0.5, 0.6) is 0 Å². The summed E-state index contributed by atoms with van der Waals surface area (Å²) in [4.78, 5) is 15.7. The Morgan fingerprint density at radius 1 is 1.10 bits per heavy atom. The molecule has 9 heteroatoms. The number of aromatic nitrogens is 4. The van der Waals surface area contributed by atoms with Crippen LogP contribution in [-0.2, 0) is 15.6 Å². The predicted octanol–water partition coefficient (Wildman–Crippen LogP) is 3.65. The number of carbonyl (C=O) groups is 1. The van der Waals surface area contributed by atoms with Gasteiger partial charge < -0.3 is 0 Å². The molecule has 4 rings (SSSR count). The molecule has 146 valence electrons. The van der Waals surface area contributed by atoms with Crippen LogP contribution in [0.3, 0.4) is 0 Å². The van der Waals surface area contributed by atoms with Crippen LogP contribution in [0.2, 0.25) is 5.02 Å². The minimum absolute atomic E-state index is 0.124. The number of fused-ring (bicyclic) bond motifs is 1. The Morgan fingerprint density at radius 2 is 1.86 bits per heavy atom. The molecule has 0 saturated carbocycles. The van der Waals surface area contributed by atoms with Crippen LogP contribution < -0.4 is 0 Å². The van der Waals surface area contributed by atoms with E-state index in [9.17, 15) is 13.2 Å². The molecule has 0 unspecified atom stereocenters. The van der Waals surface area contributed by atoms with Crippen molar-refractivity contribution in [3.8, 4) is 5.69 Å². The second-order valence-electron chi connectivity index (χ2n) is 6.46. The quantitative estimate of drug-likeness (QED) is 0.452. The highest BCUT2D eigenvalue weighted by Gasteiger charge is 2.20. The first-order valence-corrected chi connectivity index (χ1v) is 10.7. The van der Waals surface area contributed by atoms with Crippen molar-refractivity contribution in [1.29, 1.82) is 0 Å². The Labute approximate surface area is 171 Å². The van der Waals surface area contributed by atoms with Crippen molar-refractivity contribution < 1.29 is 13.2 Å². The second-order valence-corrected chi connectivity index (χ2v) is 8.89. The third-order valence-electron chi connectivity index (χ3n) is 4.46. The van der Waals surface area contributed by atoms with Gasteiger partial charge in [-0.05, 0) is 48.9 Å². The molecule has 7 nitrogen and oxygen atoms in total. The fraction of sp³-hybridized carbons (Fsp3) is 0.100. The summed E-state index contributed by atoms with van der Waals surface area (Å²) in [6.45, 7) is 1.43. The lowest BCUT2D eigenvalue weighted by molar-refractivity contribution is 0.101. The van der Waals surface area contributed by atoms with Crippen molar-refractivity contribution in [2.24, 2.45) is 0 Å². The van der Waals surface area contributed by atoms with E-state index in [0.29, 0.717) is 33.0 Å². The Morgan fingerprint density at radius 3 is 2.59 bits per heavy atom. The minimum atomic E-state index is -3.67. The van der Waals surface area contributed by atoms with Crippen molar-refractivity contribution >= 4 is 38.4 Å². The molecule has 2 aromatic heterocycles. The summed E-state index contributed by atoms with van der Waals surface area (Å²) in [5.41, 5.74) is 2.57. The predicted molar refractivity (Wildman–Crippen MR) is 109 cm³/mol. The number of benzene rings is 2. The monoisotopic (exact) mass is 426 g/mol. The topological polar surface area (TPSA) is 94.8 Å². The number of nitrogens with zero attached hydrogens (tertiary/aromatic N) is 4. The number of Topliss-reactive ketones (excluding diaryl/α,β-unsaturated/α-hetero) is 1. The number of hydrogen-bond acceptors (Lipinski definition) is 6. The van der Waals surface area contributed by atoms with E-state index in [4.69, 9.17) is 11.6 Å². The molecule has 0 fully saturated rings. The molecular formula is C20H15ClN4O3S. The lowest BCUT2D eigenvalue weighted by Gasteiger charge is -2.11. The van der Waals surface area contributed by atoms with Crippen LogP contribution in [-0.4, -0.2) is 34.2 Å². The Kier molecular flexibility index (Phi) is 4.89. The van der Waals surface area contributed by atoms with Gasteiger partial charge >= 0.3 is 0 Å². The highest BCUT2D eigenvalue weighted by molar-refractivity contribution is 7.90. The van der Waals surface area contributed by atoms with E-state index in [1.807, 2.05) is 0 Å². The lowest BCUT2D eigenvalue weighted by Crippen LogP contribution is -2.09. The SMILES string of the molecule is CC(=O)c1ccc(S(=O)(=O)Cc2ccc(Cl)cc2-n2nnc3ncccc32)cc1. The third-order valence-corrected chi connectivity index (χ3v) is 6.38. The van der Waals surface area contributed by atoms with E-state index in [1.54, 1.807) is 36.5 Å². The largest absolute Gasteiger partial charge is 0.295 e. The fourth-order valence-electron chi connectivity index (χ4n) is 2.99. The van der Waals surface area contributed by atoms with E-state index >= 15 is 0 Å². The number of ketones is 1. The Hall–Kier alpha value is -3.10. The maximum Gasteiger partial charge on any atom is 0.202 e. The molecule has 0 aliphatic rings. The van der Waals surface area contributed by atoms with Crippen molar-refractivity contribution in [2.75, 3.05) is 0 Å². The average molecular weight is 427 g/mol.